The standard InChI is InChI=1S/C19H17BrN4O5S/c1-12-5-7-16(15(20)9-12)29-11-18(26)22-23-19(30)21-17(25)8-6-13-3-2-4-14(10-13)24(27)28/h2-10H,11H2,1H3,(H,22,26)(H2,21,23,25,30)/b8-6+. The highest BCUT2D eigenvalue weighted by atomic mass is 79.9. The van der Waals surface area contributed by atoms with Crippen LogP contribution in [0.2, 0.25) is 0 Å². The molecule has 0 saturated heterocycles. The number of benzene rings is 2. The maximum Gasteiger partial charge on any atom is 0.276 e. The molecule has 0 aromatic heterocycles. The van der Waals surface area contributed by atoms with Gasteiger partial charge in [0.25, 0.3) is 11.6 Å². The number of amides is 2. The number of nitro groups is 1. The van der Waals surface area contributed by atoms with Crippen molar-refractivity contribution in [2.75, 3.05) is 6.61 Å². The molecular weight excluding hydrogens is 476 g/mol. The van der Waals surface area contributed by atoms with Crippen molar-refractivity contribution < 1.29 is 19.2 Å². The predicted molar refractivity (Wildman–Crippen MR) is 119 cm³/mol. The van der Waals surface area contributed by atoms with Crippen LogP contribution in [0.1, 0.15) is 11.1 Å². The Hall–Kier alpha value is -3.31. The van der Waals surface area contributed by atoms with Gasteiger partial charge in [0.05, 0.1) is 9.40 Å². The van der Waals surface area contributed by atoms with Gasteiger partial charge in [-0.05, 0) is 64.4 Å². The predicted octanol–water partition coefficient (Wildman–Crippen LogP) is 2.78. The van der Waals surface area contributed by atoms with Gasteiger partial charge in [0.2, 0.25) is 5.91 Å². The summed E-state index contributed by atoms with van der Waals surface area (Å²) < 4.78 is 6.12. The number of nitrogens with zero attached hydrogens (tertiary/aromatic N) is 1. The second kappa shape index (κ2) is 11.0. The number of non-ortho nitro benzene ring substituents is 1. The Labute approximate surface area is 185 Å². The van der Waals surface area contributed by atoms with E-state index in [1.54, 1.807) is 12.1 Å². The van der Waals surface area contributed by atoms with Crippen molar-refractivity contribution in [3.05, 3.63) is 74.3 Å². The lowest BCUT2D eigenvalue weighted by Gasteiger charge is -2.11. The minimum absolute atomic E-state index is 0.0858. The summed E-state index contributed by atoms with van der Waals surface area (Å²) in [5.41, 5.74) is 6.11. The number of nitro benzene ring substituents is 1. The molecule has 0 bridgehead atoms. The third kappa shape index (κ3) is 7.60. The molecule has 9 nitrogen and oxygen atoms in total. The molecule has 0 atom stereocenters. The van der Waals surface area contributed by atoms with Gasteiger partial charge < -0.3 is 4.74 Å². The van der Waals surface area contributed by atoms with E-state index in [4.69, 9.17) is 17.0 Å². The van der Waals surface area contributed by atoms with Crippen molar-refractivity contribution in [3.8, 4) is 5.75 Å². The zero-order chi connectivity index (χ0) is 22.1. The number of hydrogen-bond donors (Lipinski definition) is 3. The molecule has 0 aliphatic heterocycles. The van der Waals surface area contributed by atoms with Gasteiger partial charge in [-0.3, -0.25) is 35.9 Å². The Morgan fingerprint density at radius 1 is 1.23 bits per heavy atom. The molecule has 0 heterocycles. The van der Waals surface area contributed by atoms with Crippen molar-refractivity contribution in [3.63, 3.8) is 0 Å². The van der Waals surface area contributed by atoms with E-state index in [9.17, 15) is 19.7 Å². The summed E-state index contributed by atoms with van der Waals surface area (Å²) in [5.74, 6) is -0.572. The van der Waals surface area contributed by atoms with Gasteiger partial charge in [-0.1, -0.05) is 18.2 Å². The molecule has 0 fully saturated rings. The number of ether oxygens (including phenoxy) is 1. The number of halogens is 1. The molecule has 0 aliphatic carbocycles. The SMILES string of the molecule is Cc1ccc(OCC(=O)NNC(=S)NC(=O)/C=C/c2cccc([N+](=O)[O-])c2)c(Br)c1. The van der Waals surface area contributed by atoms with Crippen molar-refractivity contribution in [2.45, 2.75) is 6.92 Å². The van der Waals surface area contributed by atoms with Crippen LogP contribution in [0.25, 0.3) is 6.08 Å². The van der Waals surface area contributed by atoms with E-state index in [2.05, 4.69) is 32.1 Å². The molecule has 3 N–H and O–H groups in total. The third-order valence-electron chi connectivity index (χ3n) is 3.51. The van der Waals surface area contributed by atoms with Gasteiger partial charge in [-0.15, -0.1) is 0 Å². The van der Waals surface area contributed by atoms with Crippen molar-refractivity contribution >= 4 is 56.8 Å². The second-order valence-corrected chi connectivity index (χ2v) is 7.16. The maximum absolute atomic E-state index is 11.9. The first-order chi connectivity index (χ1) is 14.2. The summed E-state index contributed by atoms with van der Waals surface area (Å²) in [6, 6.07) is 11.2. The number of thiocarbonyl (C=S) groups is 1. The molecule has 156 valence electrons. The molecule has 2 aromatic rings. The first-order valence-corrected chi connectivity index (χ1v) is 9.66. The monoisotopic (exact) mass is 492 g/mol. The van der Waals surface area contributed by atoms with Crippen LogP contribution in [0, 0.1) is 17.0 Å². The molecule has 0 spiro atoms. The van der Waals surface area contributed by atoms with Crippen LogP contribution in [0.4, 0.5) is 5.69 Å². The van der Waals surface area contributed by atoms with E-state index < -0.39 is 16.7 Å². The fourth-order valence-electron chi connectivity index (χ4n) is 2.13. The Morgan fingerprint density at radius 3 is 2.70 bits per heavy atom. The molecule has 11 heteroatoms. The zero-order valence-electron chi connectivity index (χ0n) is 15.7. The number of carbonyl (C=O) groups excluding carboxylic acids is 2. The lowest BCUT2D eigenvalue weighted by Crippen LogP contribution is -2.49. The molecule has 2 aromatic carbocycles. The van der Waals surface area contributed by atoms with Crippen molar-refractivity contribution in [1.82, 2.24) is 16.2 Å². The minimum Gasteiger partial charge on any atom is -0.483 e. The molecule has 2 amide bonds. The fourth-order valence-corrected chi connectivity index (χ4v) is 2.89. The minimum atomic E-state index is -0.576. The van der Waals surface area contributed by atoms with Crippen LogP contribution in [-0.2, 0) is 9.59 Å². The number of carbonyl (C=O) groups is 2. The molecule has 0 unspecified atom stereocenters. The summed E-state index contributed by atoms with van der Waals surface area (Å²) in [7, 11) is 0. The Kier molecular flexibility index (Phi) is 8.44. The topological polar surface area (TPSA) is 123 Å². The van der Waals surface area contributed by atoms with Crippen molar-refractivity contribution in [1.29, 1.82) is 0 Å². The normalized spacial score (nSPS) is 10.3. The van der Waals surface area contributed by atoms with Crippen LogP contribution >= 0.6 is 28.1 Å². The van der Waals surface area contributed by atoms with E-state index >= 15 is 0 Å². The number of hydrogen-bond acceptors (Lipinski definition) is 6. The average Bonchev–Trinajstić information content (AvgIpc) is 2.70. The first kappa shape index (κ1) is 23.0. The number of aryl methyl sites for hydroxylation is 1. The van der Waals surface area contributed by atoms with E-state index in [1.165, 1.54) is 24.3 Å². The Bertz CT molecular complexity index is 1010. The van der Waals surface area contributed by atoms with Gasteiger partial charge in [-0.25, -0.2) is 0 Å². The average molecular weight is 493 g/mol. The lowest BCUT2D eigenvalue weighted by molar-refractivity contribution is -0.384. The lowest BCUT2D eigenvalue weighted by atomic mass is 10.2. The largest absolute Gasteiger partial charge is 0.483 e. The smallest absolute Gasteiger partial charge is 0.276 e. The van der Waals surface area contributed by atoms with Crippen LogP contribution in [-0.4, -0.2) is 28.5 Å². The molecule has 2 rings (SSSR count). The highest BCUT2D eigenvalue weighted by Crippen LogP contribution is 2.25. The highest BCUT2D eigenvalue weighted by Gasteiger charge is 2.08. The van der Waals surface area contributed by atoms with E-state index in [0.29, 0.717) is 11.3 Å². The van der Waals surface area contributed by atoms with E-state index in [1.807, 2.05) is 19.1 Å². The Morgan fingerprint density at radius 2 is 2.00 bits per heavy atom. The molecule has 30 heavy (non-hydrogen) atoms. The summed E-state index contributed by atoms with van der Waals surface area (Å²) in [6.07, 6.45) is 2.56. The summed E-state index contributed by atoms with van der Waals surface area (Å²) in [4.78, 5) is 33.9. The summed E-state index contributed by atoms with van der Waals surface area (Å²) in [6.45, 7) is 1.66. The van der Waals surface area contributed by atoms with Crippen molar-refractivity contribution in [2.24, 2.45) is 0 Å². The van der Waals surface area contributed by atoms with Gasteiger partial charge in [0.15, 0.2) is 11.7 Å². The van der Waals surface area contributed by atoms with E-state index in [-0.39, 0.29) is 17.4 Å². The van der Waals surface area contributed by atoms with E-state index in [0.717, 1.165) is 16.1 Å². The molecule has 0 aliphatic rings. The zero-order valence-corrected chi connectivity index (χ0v) is 18.1. The summed E-state index contributed by atoms with van der Waals surface area (Å²) >= 11 is 8.27. The molecule has 0 radical (unpaired) electrons. The third-order valence-corrected chi connectivity index (χ3v) is 4.33. The highest BCUT2D eigenvalue weighted by molar-refractivity contribution is 9.10. The van der Waals surface area contributed by atoms with Gasteiger partial charge >= 0.3 is 0 Å². The quantitative estimate of drug-likeness (QED) is 0.245. The molecular formula is C19H17BrN4O5S. The fraction of sp³-hybridized carbons (Fsp3) is 0.105. The van der Waals surface area contributed by atoms with Crippen LogP contribution in [0.3, 0.4) is 0 Å². The van der Waals surface area contributed by atoms with Gasteiger partial charge in [0, 0.05) is 18.2 Å². The first-order valence-electron chi connectivity index (χ1n) is 8.46. The second-order valence-electron chi connectivity index (χ2n) is 5.90. The number of rotatable bonds is 6. The summed E-state index contributed by atoms with van der Waals surface area (Å²) in [5, 5.41) is 13.0. The molecule has 0 saturated carbocycles. The Balaban J connectivity index is 1.75. The van der Waals surface area contributed by atoms with Gasteiger partial charge in [0.1, 0.15) is 5.75 Å². The van der Waals surface area contributed by atoms with Gasteiger partial charge in [-0.2, -0.15) is 0 Å². The number of nitrogens with one attached hydrogen (secondary N) is 3. The van der Waals surface area contributed by atoms with Crippen LogP contribution in [0.15, 0.2) is 53.0 Å². The number of hydrazine groups is 1. The van der Waals surface area contributed by atoms with Crippen LogP contribution in [0.5, 0.6) is 5.75 Å². The van der Waals surface area contributed by atoms with Crippen LogP contribution < -0.4 is 20.9 Å². The maximum atomic E-state index is 11.9.